The smallest absolute Gasteiger partial charge is 0.466 e. The van der Waals surface area contributed by atoms with Crippen LogP contribution in [0.2, 0.25) is 30.1 Å². The van der Waals surface area contributed by atoms with Gasteiger partial charge in [0, 0.05) is 112 Å². The molecule has 7 aliphatic rings. The molecule has 149 heavy (non-hydrogen) atoms. The van der Waals surface area contributed by atoms with Gasteiger partial charge in [-0.25, -0.2) is 34.4 Å². The molecule has 0 saturated carbocycles. The number of nitrogens with one attached hydrogen (secondary N) is 4. The molecule has 0 aliphatic carbocycles. The Bertz CT molecular complexity index is 6920. The fourth-order valence-corrected chi connectivity index (χ4v) is 20.7. The largest absolute Gasteiger partial charge is 0.573 e. The van der Waals surface area contributed by atoms with Gasteiger partial charge in [0.2, 0.25) is 35.6 Å². The Morgan fingerprint density at radius 3 is 1.09 bits per heavy atom. The van der Waals surface area contributed by atoms with Gasteiger partial charge >= 0.3 is 31.0 Å². The molecule has 3 fully saturated rings. The number of likely N-dealkylation sites (tertiary alicyclic amines) is 3. The Balaban J connectivity index is 0.000000167. The lowest BCUT2D eigenvalue weighted by Crippen LogP contribution is -2.51. The van der Waals surface area contributed by atoms with Crippen LogP contribution in [0.5, 0.6) is 17.2 Å². The normalized spacial score (nSPS) is 20.2. The summed E-state index contributed by atoms with van der Waals surface area (Å²) in [6, 6.07) is 26.8. The lowest BCUT2D eigenvalue weighted by atomic mass is 9.91. The number of hydrogen-bond donors (Lipinski definition) is 4. The first-order chi connectivity index (χ1) is 70.2. The van der Waals surface area contributed by atoms with Gasteiger partial charge < -0.3 is 59.0 Å². The number of ketones is 1. The number of esters is 1. The minimum atomic E-state index is -4.89. The predicted octanol–water partition coefficient (Wildman–Crippen LogP) is 16.5. The third-order valence-electron chi connectivity index (χ3n) is 25.9. The van der Waals surface area contributed by atoms with Crippen LogP contribution < -0.4 is 50.4 Å². The average Bonchev–Trinajstić information content (AvgIpc) is 1.56. The van der Waals surface area contributed by atoms with E-state index in [-0.39, 0.29) is 162 Å². The molecule has 9 atom stereocenters. The maximum absolute atomic E-state index is 14.3. The number of imidazole rings is 3. The molecule has 9 amide bonds. The van der Waals surface area contributed by atoms with E-state index in [1.807, 2.05) is 0 Å². The van der Waals surface area contributed by atoms with E-state index in [2.05, 4.69) is 55.4 Å². The highest BCUT2D eigenvalue weighted by molar-refractivity contribution is 6.37. The number of carbonyl (C=O) groups is 12. The zero-order valence-electron chi connectivity index (χ0n) is 79.9. The maximum atomic E-state index is 14.3. The highest BCUT2D eigenvalue weighted by Crippen LogP contribution is 2.49. The quantitative estimate of drug-likeness (QED) is 0.0161. The number of aromatic nitrogens is 7. The van der Waals surface area contributed by atoms with E-state index in [1.165, 1.54) is 163 Å². The van der Waals surface area contributed by atoms with Crippen molar-refractivity contribution in [3.8, 4) is 17.2 Å². The summed E-state index contributed by atoms with van der Waals surface area (Å²) in [5, 5.41) is 15.7. The van der Waals surface area contributed by atoms with E-state index >= 15 is 0 Å². The average molecular weight is 2200 g/mol. The van der Waals surface area contributed by atoms with Crippen LogP contribution in [0.25, 0.3) is 0 Å². The molecule has 788 valence electrons. The number of amides is 9. The Morgan fingerprint density at radius 1 is 0.456 bits per heavy atom. The van der Waals surface area contributed by atoms with Crippen molar-refractivity contribution < 1.29 is 125 Å². The zero-order valence-corrected chi connectivity index (χ0v) is 84.4. The molecule has 4 unspecified atom stereocenters. The summed E-state index contributed by atoms with van der Waals surface area (Å²) in [4.78, 5) is 199. The summed E-state index contributed by atoms with van der Waals surface area (Å²) in [7, 11) is 0. The van der Waals surface area contributed by atoms with Crippen molar-refractivity contribution in [1.29, 1.82) is 0 Å². The van der Waals surface area contributed by atoms with Crippen LogP contribution >= 0.6 is 69.6 Å². The predicted molar refractivity (Wildman–Crippen MR) is 521 cm³/mol. The topological polar surface area (TPSA) is 418 Å². The van der Waals surface area contributed by atoms with Gasteiger partial charge in [-0.2, -0.15) is 5.16 Å². The summed E-state index contributed by atoms with van der Waals surface area (Å²) in [6.07, 6.45) is -7.56. The molecule has 4 N–H and O–H groups in total. The summed E-state index contributed by atoms with van der Waals surface area (Å²) < 4.78 is 141. The zero-order chi connectivity index (χ0) is 108. The molecule has 0 bridgehead atoms. The van der Waals surface area contributed by atoms with Crippen LogP contribution in [0, 0.1) is 11.8 Å². The van der Waals surface area contributed by atoms with Gasteiger partial charge in [-0.05, 0) is 195 Å². The number of aromatic amines is 1. The van der Waals surface area contributed by atoms with Crippen molar-refractivity contribution in [3.05, 3.63) is 232 Å². The number of benzene rings is 6. The first kappa shape index (κ1) is 109. The standard InChI is InChI=1S/C34H34Cl2F3N5O7.2C32H29Cl2F3N6O6/c1-4-50-28(46)15-27(45)21-6-5-11-42(18-21)30(48)19(2)41-29(47)26-17-40-32-43(24-13-22(35)12-23(36)14-24)31(49)33(3,44(26)32)16-20-7-9-25(10-8-20)51-34(37,38)39;1-17(28(46)41-9-3-4-19(16-41)25-13-26(44)40-49-25)39-27(45)24-15-38-30-42(22-11-20(33)10-21(34)12-22)29(47)31(2,43(24)30)14-18-5-7-23(8-6-18)48-32(35,36)37;1-17(28(46)41-9-3-4-19(16-41)24-13-26(44)49-40-24)39-27(45)25-15-38-30-42(22-11-20(33)10-21(34)12-22)29(47)31(2,43(25)30)14-18-5-7-23(8-6-18)48-32(35,36)37/h7-10,12-14,17,19,21H,4-6,11,15-16,18H2,1-3H3,(H,41,47);5-8,10-13,15,17,19H,3-4,9,14,16H2,1-2H3,(H,39,45)(H,40,44);5-8,10-12,15,17,19H,3-4,9,13-14,16H2,1-2H3,(H,39,45)/t19-,21+,33+;2*17?,19?,31-/m011/s1. The Hall–Kier alpha value is -14.0. The van der Waals surface area contributed by atoms with Crippen molar-refractivity contribution in [3.63, 3.8) is 0 Å². The lowest BCUT2D eigenvalue weighted by Gasteiger charge is -2.34. The Labute approximate surface area is 871 Å². The highest BCUT2D eigenvalue weighted by Gasteiger charge is 2.56. The number of carbonyl (C=O) groups excluding carboxylic acids is 12. The molecule has 11 heterocycles. The number of oxime groups is 1. The second-order valence-corrected chi connectivity index (χ2v) is 39.4. The van der Waals surface area contributed by atoms with E-state index in [9.17, 15) is 102 Å². The molecule has 4 aromatic heterocycles. The van der Waals surface area contributed by atoms with Gasteiger partial charge in [-0.15, -0.1) is 39.5 Å². The third kappa shape index (κ3) is 24.6. The molecule has 51 heteroatoms. The van der Waals surface area contributed by atoms with E-state index in [0.717, 1.165) is 42.8 Å². The van der Waals surface area contributed by atoms with Crippen LogP contribution in [0.15, 0.2) is 167 Å². The van der Waals surface area contributed by atoms with E-state index < -0.39 is 130 Å². The van der Waals surface area contributed by atoms with Gasteiger partial charge in [-0.1, -0.05) is 111 Å². The van der Waals surface area contributed by atoms with Crippen LogP contribution in [-0.4, -0.2) is 208 Å². The van der Waals surface area contributed by atoms with Crippen molar-refractivity contribution in [1.82, 2.24) is 64.5 Å². The lowest BCUT2D eigenvalue weighted by molar-refractivity contribution is -0.275. The van der Waals surface area contributed by atoms with Crippen LogP contribution in [-0.2, 0) is 88.6 Å². The number of anilines is 6. The number of rotatable bonds is 27. The number of H-pyrrole nitrogens is 1. The van der Waals surface area contributed by atoms with Crippen molar-refractivity contribution in [2.24, 2.45) is 17.0 Å². The van der Waals surface area contributed by atoms with Crippen molar-refractivity contribution >= 4 is 181 Å². The number of Topliss-reactive ketones (excluding diaryl/α,β-unsaturated/α-hetero) is 1. The molecule has 6 aromatic carbocycles. The monoisotopic (exact) mass is 2190 g/mol. The summed E-state index contributed by atoms with van der Waals surface area (Å²) in [6.45, 7) is 13.0. The number of piperidine rings is 3. The molecule has 17 rings (SSSR count). The molecular weight excluding hydrogens is 2100 g/mol. The Morgan fingerprint density at radius 2 is 0.779 bits per heavy atom. The molecule has 10 aromatic rings. The van der Waals surface area contributed by atoms with E-state index in [0.29, 0.717) is 93.0 Å². The van der Waals surface area contributed by atoms with Crippen LogP contribution in [0.4, 0.5) is 74.4 Å². The molecule has 7 aliphatic heterocycles. The van der Waals surface area contributed by atoms with Crippen LogP contribution in [0.1, 0.15) is 160 Å². The first-order valence-electron chi connectivity index (χ1n) is 46.4. The van der Waals surface area contributed by atoms with Gasteiger partial charge in [-0.3, -0.25) is 71.2 Å². The number of halogens is 15. The second-order valence-electron chi connectivity index (χ2n) is 36.8. The fourth-order valence-electron chi connectivity index (χ4n) is 19.2. The summed E-state index contributed by atoms with van der Waals surface area (Å²) in [5.74, 6) is -7.81. The van der Waals surface area contributed by atoms with E-state index in [4.69, 9.17) is 83.7 Å². The van der Waals surface area contributed by atoms with Gasteiger partial charge in [0.15, 0.2) is 0 Å². The SMILES string of the molecule is CC(NC(=O)c1cnc2n1[C@](C)(Cc1ccc(OC(F)(F)F)cc1)C(=O)N2c1cc(Cl)cc(Cl)c1)C(=O)N1CCCC(C2=NOC(=O)C2)C1.CC(NC(=O)c1cnc2n1[C@](C)(Cc1ccc(OC(F)(F)F)cc1)C(=O)N2c1cc(Cl)cc(Cl)c1)C(=O)N1CCCC(c2cc(=O)[nH]o2)C1.CCOC(=O)CC(=O)[C@@H]1CCCN(C(=O)[C@H](C)NC(=O)c2cnc3n2[C@](C)(Cc2ccc(OC(F)(F)F)cc2)C(=O)N3c2cc(Cl)cc(Cl)c2)C1. The van der Waals surface area contributed by atoms with Gasteiger partial charge in [0.1, 0.15) is 87.0 Å². The first-order valence-corrected chi connectivity index (χ1v) is 48.7. The number of nitrogens with zero attached hydrogens (tertiary/aromatic N) is 13. The molecule has 0 radical (unpaired) electrons. The Kier molecular flexibility index (Phi) is 32.3. The molecule has 3 saturated heterocycles. The summed E-state index contributed by atoms with van der Waals surface area (Å²) in [5.41, 5.74) is -2.34. The van der Waals surface area contributed by atoms with Crippen molar-refractivity contribution in [2.45, 2.75) is 179 Å². The molecular formula is C98H92Cl6F9N17O19. The third-order valence-corrected chi connectivity index (χ3v) is 27.2. The number of fused-ring (bicyclic) bond motifs is 3. The minimum Gasteiger partial charge on any atom is -0.466 e. The van der Waals surface area contributed by atoms with Gasteiger partial charge in [0.05, 0.1) is 54.4 Å². The highest BCUT2D eigenvalue weighted by atomic mass is 35.5. The van der Waals surface area contributed by atoms with E-state index in [1.54, 1.807) is 44.4 Å². The van der Waals surface area contributed by atoms with Crippen LogP contribution in [0.3, 0.4) is 0 Å². The number of ether oxygens (including phenoxy) is 4. The van der Waals surface area contributed by atoms with Gasteiger partial charge in [0.25, 0.3) is 41.0 Å². The molecule has 0 spiro atoms. The molecule has 36 nitrogen and oxygen atoms in total. The maximum Gasteiger partial charge on any atom is 0.573 e. The second kappa shape index (κ2) is 44.0. The minimum absolute atomic E-state index is 0.0364. The summed E-state index contributed by atoms with van der Waals surface area (Å²) >= 11 is 37.5. The fraction of sp³-hybridized carbons (Fsp3) is 0.378. The number of hydrogen-bond acceptors (Lipinski definition) is 23. The van der Waals surface area contributed by atoms with Crippen molar-refractivity contribution in [2.75, 3.05) is 60.6 Å². The number of alkyl halides is 9.